The van der Waals surface area contributed by atoms with Gasteiger partial charge in [-0.3, -0.25) is 4.90 Å². The minimum atomic E-state index is -3.78. The molecule has 2 aromatic rings. The van der Waals surface area contributed by atoms with Gasteiger partial charge in [-0.25, -0.2) is 13.1 Å². The van der Waals surface area contributed by atoms with Crippen molar-refractivity contribution in [3.05, 3.63) is 30.0 Å². The number of benzene rings is 1. The number of sulfonamides is 1. The van der Waals surface area contributed by atoms with Crippen molar-refractivity contribution in [3.8, 4) is 17.1 Å². The van der Waals surface area contributed by atoms with E-state index < -0.39 is 10.0 Å². The van der Waals surface area contributed by atoms with Crippen LogP contribution in [0.3, 0.4) is 0 Å². The molecule has 0 saturated carbocycles. The van der Waals surface area contributed by atoms with Gasteiger partial charge in [0.1, 0.15) is 10.6 Å². The quantitative estimate of drug-likeness (QED) is 0.713. The molecule has 0 spiro atoms. The van der Waals surface area contributed by atoms with Crippen molar-refractivity contribution in [1.29, 1.82) is 0 Å². The molecule has 154 valence electrons. The van der Waals surface area contributed by atoms with Crippen molar-refractivity contribution in [2.75, 3.05) is 40.0 Å². The molecule has 1 unspecified atom stereocenters. The van der Waals surface area contributed by atoms with Gasteiger partial charge in [-0.2, -0.15) is 0 Å². The number of hydrogen-bond donors (Lipinski definition) is 1. The van der Waals surface area contributed by atoms with Gasteiger partial charge in [-0.1, -0.05) is 12.1 Å². The first-order valence-electron chi connectivity index (χ1n) is 9.37. The minimum absolute atomic E-state index is 0.0852. The van der Waals surface area contributed by atoms with Gasteiger partial charge in [0.2, 0.25) is 10.0 Å². The molecule has 3 rings (SSSR count). The molecule has 1 aliphatic rings. The van der Waals surface area contributed by atoms with Gasteiger partial charge < -0.3 is 14.0 Å². The smallest absolute Gasteiger partial charge is 0.244 e. The predicted molar refractivity (Wildman–Crippen MR) is 105 cm³/mol. The van der Waals surface area contributed by atoms with Crippen molar-refractivity contribution in [1.82, 2.24) is 14.8 Å². The normalized spacial score (nSPS) is 16.8. The third kappa shape index (κ3) is 4.91. The Balaban J connectivity index is 1.84. The van der Waals surface area contributed by atoms with E-state index in [0.29, 0.717) is 37.5 Å². The van der Waals surface area contributed by atoms with E-state index in [2.05, 4.69) is 14.8 Å². The molecule has 0 aliphatic carbocycles. The van der Waals surface area contributed by atoms with Gasteiger partial charge >= 0.3 is 0 Å². The highest BCUT2D eigenvalue weighted by Gasteiger charge is 2.26. The summed E-state index contributed by atoms with van der Waals surface area (Å²) < 4.78 is 45.0. The monoisotopic (exact) mass is 409 g/mol. The maximum absolute atomic E-state index is 13.1. The van der Waals surface area contributed by atoms with E-state index in [-0.39, 0.29) is 16.7 Å². The third-order valence-electron chi connectivity index (χ3n) is 4.76. The standard InChI is InChI=1S/C19H27N3O5S/c1-4-16(13-22-7-9-26-10-8-22)21-28(23,24)19-12-15(5-6-17(19)25-3)18-11-14(2)20-27-18/h5-6,11-12,16,21H,4,7-10,13H2,1-3H3. The van der Waals surface area contributed by atoms with Crippen LogP contribution >= 0.6 is 0 Å². The summed E-state index contributed by atoms with van der Waals surface area (Å²) in [7, 11) is -2.33. The Bertz CT molecular complexity index is 891. The van der Waals surface area contributed by atoms with Crippen molar-refractivity contribution in [2.45, 2.75) is 31.2 Å². The summed E-state index contributed by atoms with van der Waals surface area (Å²) in [5, 5.41) is 3.87. The van der Waals surface area contributed by atoms with Crippen LogP contribution in [-0.2, 0) is 14.8 Å². The van der Waals surface area contributed by atoms with Crippen LogP contribution in [0.15, 0.2) is 33.7 Å². The van der Waals surface area contributed by atoms with Crippen molar-refractivity contribution in [3.63, 3.8) is 0 Å². The second-order valence-electron chi connectivity index (χ2n) is 6.84. The summed E-state index contributed by atoms with van der Waals surface area (Å²) in [5.74, 6) is 0.797. The highest BCUT2D eigenvalue weighted by Crippen LogP contribution is 2.30. The molecule has 1 saturated heterocycles. The number of aryl methyl sites for hydroxylation is 1. The molecule has 28 heavy (non-hydrogen) atoms. The maximum Gasteiger partial charge on any atom is 0.244 e. The maximum atomic E-state index is 13.1. The summed E-state index contributed by atoms with van der Waals surface area (Å²) in [6.45, 7) is 7.39. The number of aromatic nitrogens is 1. The number of morpholine rings is 1. The predicted octanol–water partition coefficient (Wildman–Crippen LogP) is 2.05. The molecule has 1 aromatic heterocycles. The van der Waals surface area contributed by atoms with Crippen LogP contribution in [0, 0.1) is 6.92 Å². The van der Waals surface area contributed by atoms with Gasteiger partial charge in [-0.15, -0.1) is 0 Å². The van der Waals surface area contributed by atoms with E-state index in [1.54, 1.807) is 24.3 Å². The molecule has 1 atom stereocenters. The molecule has 1 aliphatic heterocycles. The Morgan fingerprint density at radius 2 is 2.04 bits per heavy atom. The number of rotatable bonds is 8. The largest absolute Gasteiger partial charge is 0.495 e. The molecule has 0 radical (unpaired) electrons. The zero-order chi connectivity index (χ0) is 20.1. The summed E-state index contributed by atoms with van der Waals surface area (Å²) in [4.78, 5) is 2.30. The topological polar surface area (TPSA) is 93.9 Å². The van der Waals surface area contributed by atoms with Crippen LogP contribution in [0.1, 0.15) is 19.0 Å². The van der Waals surface area contributed by atoms with Crippen LogP contribution in [0.25, 0.3) is 11.3 Å². The molecule has 8 nitrogen and oxygen atoms in total. The van der Waals surface area contributed by atoms with Gasteiger partial charge in [0, 0.05) is 37.3 Å². The molecule has 0 amide bonds. The molecule has 0 bridgehead atoms. The van der Waals surface area contributed by atoms with E-state index in [4.69, 9.17) is 14.0 Å². The summed E-state index contributed by atoms with van der Waals surface area (Å²) >= 11 is 0. The zero-order valence-corrected chi connectivity index (χ0v) is 17.3. The molecule has 1 fully saturated rings. The molecule has 1 N–H and O–H groups in total. The lowest BCUT2D eigenvalue weighted by molar-refractivity contribution is 0.0344. The summed E-state index contributed by atoms with van der Waals surface area (Å²) in [5.41, 5.74) is 1.35. The number of hydrogen-bond acceptors (Lipinski definition) is 7. The Kier molecular flexibility index (Phi) is 6.71. The number of ether oxygens (including phenoxy) is 2. The van der Waals surface area contributed by atoms with E-state index in [1.165, 1.54) is 7.11 Å². The van der Waals surface area contributed by atoms with Crippen molar-refractivity contribution >= 4 is 10.0 Å². The molecular weight excluding hydrogens is 382 g/mol. The lowest BCUT2D eigenvalue weighted by atomic mass is 10.1. The van der Waals surface area contributed by atoms with Crippen LogP contribution in [0.5, 0.6) is 5.75 Å². The highest BCUT2D eigenvalue weighted by atomic mass is 32.2. The Morgan fingerprint density at radius 1 is 1.29 bits per heavy atom. The first-order valence-corrected chi connectivity index (χ1v) is 10.9. The van der Waals surface area contributed by atoms with Crippen molar-refractivity contribution in [2.24, 2.45) is 0 Å². The second kappa shape index (κ2) is 9.04. The molecule has 2 heterocycles. The van der Waals surface area contributed by atoms with Crippen LogP contribution in [0.2, 0.25) is 0 Å². The summed E-state index contributed by atoms with van der Waals surface area (Å²) in [6.07, 6.45) is 0.680. The second-order valence-corrected chi connectivity index (χ2v) is 8.52. The van der Waals surface area contributed by atoms with Crippen LogP contribution < -0.4 is 9.46 Å². The third-order valence-corrected chi connectivity index (χ3v) is 6.30. The average Bonchev–Trinajstić information content (AvgIpc) is 3.14. The lowest BCUT2D eigenvalue weighted by Gasteiger charge is -2.30. The minimum Gasteiger partial charge on any atom is -0.495 e. The first kappa shape index (κ1) is 20.8. The number of methoxy groups -OCH3 is 1. The van der Waals surface area contributed by atoms with Crippen LogP contribution in [-0.4, -0.2) is 64.5 Å². The zero-order valence-electron chi connectivity index (χ0n) is 16.5. The lowest BCUT2D eigenvalue weighted by Crippen LogP contribution is -2.47. The Morgan fingerprint density at radius 3 is 2.64 bits per heavy atom. The Labute approximate surface area is 165 Å². The van der Waals surface area contributed by atoms with E-state index in [1.807, 2.05) is 13.8 Å². The number of nitrogens with one attached hydrogen (secondary N) is 1. The first-order chi connectivity index (χ1) is 13.4. The summed E-state index contributed by atoms with van der Waals surface area (Å²) in [6, 6.07) is 6.50. The van der Waals surface area contributed by atoms with E-state index >= 15 is 0 Å². The van der Waals surface area contributed by atoms with Gasteiger partial charge in [0.05, 0.1) is 26.0 Å². The fraction of sp³-hybridized carbons (Fsp3) is 0.526. The molecular formula is C19H27N3O5S. The fourth-order valence-corrected chi connectivity index (χ4v) is 4.67. The van der Waals surface area contributed by atoms with E-state index in [0.717, 1.165) is 18.8 Å². The molecule has 1 aromatic carbocycles. The SMILES string of the molecule is CCC(CN1CCOCC1)NS(=O)(=O)c1cc(-c2cc(C)no2)ccc1OC. The Hall–Kier alpha value is -1.94. The van der Waals surface area contributed by atoms with Crippen LogP contribution in [0.4, 0.5) is 0 Å². The van der Waals surface area contributed by atoms with Gasteiger partial charge in [0.25, 0.3) is 0 Å². The van der Waals surface area contributed by atoms with Crippen molar-refractivity contribution < 1.29 is 22.4 Å². The fourth-order valence-electron chi connectivity index (χ4n) is 3.17. The van der Waals surface area contributed by atoms with E-state index in [9.17, 15) is 8.42 Å². The van der Waals surface area contributed by atoms with Gasteiger partial charge in [0.15, 0.2) is 5.76 Å². The average molecular weight is 410 g/mol. The molecule has 9 heteroatoms. The van der Waals surface area contributed by atoms with Gasteiger partial charge in [-0.05, 0) is 31.5 Å². The highest BCUT2D eigenvalue weighted by molar-refractivity contribution is 7.89. The number of nitrogens with zero attached hydrogens (tertiary/aromatic N) is 2.